The number of ether oxygens (including phenoxy) is 1. The lowest BCUT2D eigenvalue weighted by Gasteiger charge is -2.37. The quantitative estimate of drug-likeness (QED) is 0.679. The van der Waals surface area contributed by atoms with E-state index in [-0.39, 0.29) is 23.8 Å². The molecule has 7 heteroatoms. The van der Waals surface area contributed by atoms with E-state index >= 15 is 0 Å². The number of nitrogens with one attached hydrogen (secondary N) is 2. The summed E-state index contributed by atoms with van der Waals surface area (Å²) in [5, 5.41) is 0. The SMILES string of the molecule is CCN(C(=O)C1CNNC1C1CCN(C(=O)Cc2cccc(OC)c2)CC1)c1ccccc1. The zero-order valence-corrected chi connectivity index (χ0v) is 19.5. The lowest BCUT2D eigenvalue weighted by molar-refractivity contribution is -0.132. The van der Waals surface area contributed by atoms with Crippen LogP contribution in [0, 0.1) is 11.8 Å². The van der Waals surface area contributed by atoms with Crippen molar-refractivity contribution in [3.63, 3.8) is 0 Å². The lowest BCUT2D eigenvalue weighted by Crippen LogP contribution is -2.49. The van der Waals surface area contributed by atoms with Gasteiger partial charge in [0.1, 0.15) is 5.75 Å². The van der Waals surface area contributed by atoms with Gasteiger partial charge in [0.15, 0.2) is 0 Å². The smallest absolute Gasteiger partial charge is 0.233 e. The van der Waals surface area contributed by atoms with Crippen LogP contribution < -0.4 is 20.5 Å². The maximum absolute atomic E-state index is 13.4. The second-order valence-corrected chi connectivity index (χ2v) is 8.82. The number of amides is 2. The molecule has 2 aliphatic rings. The van der Waals surface area contributed by atoms with Crippen LogP contribution >= 0.6 is 0 Å². The summed E-state index contributed by atoms with van der Waals surface area (Å²) in [7, 11) is 1.63. The summed E-state index contributed by atoms with van der Waals surface area (Å²) >= 11 is 0. The van der Waals surface area contributed by atoms with E-state index in [1.54, 1.807) is 7.11 Å². The van der Waals surface area contributed by atoms with Gasteiger partial charge in [0.05, 0.1) is 19.4 Å². The number of hydrogen-bond donors (Lipinski definition) is 2. The highest BCUT2D eigenvalue weighted by molar-refractivity contribution is 5.95. The Bertz CT molecular complexity index is 944. The van der Waals surface area contributed by atoms with Gasteiger partial charge in [0.25, 0.3) is 0 Å². The minimum Gasteiger partial charge on any atom is -0.497 e. The fourth-order valence-corrected chi connectivity index (χ4v) is 5.05. The zero-order valence-electron chi connectivity index (χ0n) is 19.5. The first kappa shape index (κ1) is 23.3. The standard InChI is InChI=1S/C26H34N4O3/c1-3-30(21-9-5-4-6-10-21)26(32)23-18-27-28-25(23)20-12-14-29(15-13-20)24(31)17-19-8-7-11-22(16-19)33-2/h4-11,16,20,23,25,27-28H,3,12-15,17-18H2,1-2H3. The van der Waals surface area contributed by atoms with Crippen LogP contribution in [0.25, 0.3) is 0 Å². The first-order valence-electron chi connectivity index (χ1n) is 11.9. The van der Waals surface area contributed by atoms with Gasteiger partial charge in [-0.3, -0.25) is 20.4 Å². The van der Waals surface area contributed by atoms with E-state index in [1.165, 1.54) is 0 Å². The van der Waals surface area contributed by atoms with Crippen LogP contribution in [0.4, 0.5) is 5.69 Å². The van der Waals surface area contributed by atoms with Gasteiger partial charge in [0.2, 0.25) is 11.8 Å². The summed E-state index contributed by atoms with van der Waals surface area (Å²) in [6.45, 7) is 4.73. The number of benzene rings is 2. The van der Waals surface area contributed by atoms with Crippen LogP contribution in [0.15, 0.2) is 54.6 Å². The van der Waals surface area contributed by atoms with Crippen LogP contribution in [0.3, 0.4) is 0 Å². The minimum atomic E-state index is -0.116. The highest BCUT2D eigenvalue weighted by atomic mass is 16.5. The summed E-state index contributed by atoms with van der Waals surface area (Å²) in [6.07, 6.45) is 2.17. The fourth-order valence-electron chi connectivity index (χ4n) is 5.05. The summed E-state index contributed by atoms with van der Waals surface area (Å²) in [6, 6.07) is 17.6. The van der Waals surface area contributed by atoms with Crippen molar-refractivity contribution in [2.45, 2.75) is 32.2 Å². The number of piperidine rings is 1. The molecule has 2 heterocycles. The van der Waals surface area contributed by atoms with E-state index in [0.717, 1.165) is 42.9 Å². The molecule has 2 unspecified atom stereocenters. The maximum atomic E-state index is 13.4. The van der Waals surface area contributed by atoms with E-state index in [9.17, 15) is 9.59 Å². The topological polar surface area (TPSA) is 73.9 Å². The van der Waals surface area contributed by atoms with Crippen molar-refractivity contribution < 1.29 is 14.3 Å². The van der Waals surface area contributed by atoms with Gasteiger partial charge in [-0.05, 0) is 55.5 Å². The molecule has 0 aromatic heterocycles. The lowest BCUT2D eigenvalue weighted by atomic mass is 9.82. The molecule has 0 radical (unpaired) electrons. The number of anilines is 1. The molecule has 2 N–H and O–H groups in total. The van der Waals surface area contributed by atoms with Gasteiger partial charge in [-0.15, -0.1) is 0 Å². The van der Waals surface area contributed by atoms with Crippen LogP contribution in [0.2, 0.25) is 0 Å². The Morgan fingerprint density at radius 3 is 2.55 bits per heavy atom. The molecule has 33 heavy (non-hydrogen) atoms. The Morgan fingerprint density at radius 1 is 1.09 bits per heavy atom. The number of carbonyl (C=O) groups is 2. The number of likely N-dealkylation sites (tertiary alicyclic amines) is 1. The Labute approximate surface area is 196 Å². The summed E-state index contributed by atoms with van der Waals surface area (Å²) in [5.41, 5.74) is 8.49. The van der Waals surface area contributed by atoms with Crippen molar-refractivity contribution >= 4 is 17.5 Å². The second-order valence-electron chi connectivity index (χ2n) is 8.82. The van der Waals surface area contributed by atoms with Gasteiger partial charge < -0.3 is 14.5 Å². The molecule has 7 nitrogen and oxygen atoms in total. The molecule has 2 aliphatic heterocycles. The molecule has 0 spiro atoms. The van der Waals surface area contributed by atoms with E-state index in [4.69, 9.17) is 4.74 Å². The summed E-state index contributed by atoms with van der Waals surface area (Å²) < 4.78 is 5.27. The van der Waals surface area contributed by atoms with E-state index in [0.29, 0.717) is 25.4 Å². The molecular formula is C26H34N4O3. The second kappa shape index (κ2) is 10.8. The molecule has 2 aromatic rings. The molecule has 0 saturated carbocycles. The molecule has 176 valence electrons. The Hall–Kier alpha value is -2.90. The predicted octanol–water partition coefficient (Wildman–Crippen LogP) is 2.62. The van der Waals surface area contributed by atoms with E-state index in [2.05, 4.69) is 10.9 Å². The molecule has 2 aromatic carbocycles. The van der Waals surface area contributed by atoms with Crippen LogP contribution in [-0.2, 0) is 16.0 Å². The highest BCUT2D eigenvalue weighted by Crippen LogP contribution is 2.29. The van der Waals surface area contributed by atoms with Gasteiger partial charge in [0, 0.05) is 37.9 Å². The van der Waals surface area contributed by atoms with Crippen LogP contribution in [0.5, 0.6) is 5.75 Å². The third-order valence-corrected chi connectivity index (χ3v) is 6.88. The molecule has 0 bridgehead atoms. The molecule has 0 aliphatic carbocycles. The number of para-hydroxylation sites is 1. The molecule has 2 saturated heterocycles. The largest absolute Gasteiger partial charge is 0.497 e. The van der Waals surface area contributed by atoms with Crippen LogP contribution in [0.1, 0.15) is 25.3 Å². The first-order chi connectivity index (χ1) is 16.1. The molecule has 2 fully saturated rings. The van der Waals surface area contributed by atoms with Crippen molar-refractivity contribution in [2.24, 2.45) is 11.8 Å². The van der Waals surface area contributed by atoms with Gasteiger partial charge in [-0.1, -0.05) is 30.3 Å². The van der Waals surface area contributed by atoms with E-state index in [1.807, 2.05) is 71.3 Å². The third-order valence-electron chi connectivity index (χ3n) is 6.88. The number of methoxy groups -OCH3 is 1. The third kappa shape index (κ3) is 5.37. The summed E-state index contributed by atoms with van der Waals surface area (Å²) in [5.74, 6) is 1.31. The molecule has 2 atom stereocenters. The van der Waals surface area contributed by atoms with Gasteiger partial charge in [-0.2, -0.15) is 0 Å². The van der Waals surface area contributed by atoms with Crippen molar-refractivity contribution in [2.75, 3.05) is 38.2 Å². The number of nitrogens with zero attached hydrogens (tertiary/aromatic N) is 2. The number of rotatable bonds is 7. The number of hydrazine groups is 1. The zero-order chi connectivity index (χ0) is 23.2. The van der Waals surface area contributed by atoms with Crippen molar-refractivity contribution in [1.82, 2.24) is 15.8 Å². The van der Waals surface area contributed by atoms with E-state index < -0.39 is 0 Å². The monoisotopic (exact) mass is 450 g/mol. The minimum absolute atomic E-state index is 0.0749. The first-order valence-corrected chi connectivity index (χ1v) is 11.9. The fraction of sp³-hybridized carbons (Fsp3) is 0.462. The van der Waals surface area contributed by atoms with Gasteiger partial charge >= 0.3 is 0 Å². The Morgan fingerprint density at radius 2 is 1.85 bits per heavy atom. The predicted molar refractivity (Wildman–Crippen MR) is 129 cm³/mol. The van der Waals surface area contributed by atoms with Crippen molar-refractivity contribution in [3.8, 4) is 5.75 Å². The summed E-state index contributed by atoms with van der Waals surface area (Å²) in [4.78, 5) is 30.1. The molecule has 4 rings (SSSR count). The van der Waals surface area contributed by atoms with Crippen LogP contribution in [-0.4, -0.2) is 56.0 Å². The molecular weight excluding hydrogens is 416 g/mol. The normalized spacial score (nSPS) is 21.1. The molecule has 2 amide bonds. The van der Waals surface area contributed by atoms with Crippen molar-refractivity contribution in [3.05, 3.63) is 60.2 Å². The average molecular weight is 451 g/mol. The van der Waals surface area contributed by atoms with Crippen molar-refractivity contribution in [1.29, 1.82) is 0 Å². The number of hydrogen-bond acceptors (Lipinski definition) is 5. The Kier molecular flexibility index (Phi) is 7.62. The van der Waals surface area contributed by atoms with Gasteiger partial charge in [-0.25, -0.2) is 0 Å². The number of carbonyl (C=O) groups excluding carboxylic acids is 2. The average Bonchev–Trinajstić information content (AvgIpc) is 3.35. The Balaban J connectivity index is 1.34. The maximum Gasteiger partial charge on any atom is 0.233 e. The highest BCUT2D eigenvalue weighted by Gasteiger charge is 2.41.